The Morgan fingerprint density at radius 1 is 1.56 bits per heavy atom. The quantitative estimate of drug-likeness (QED) is 0.793. The third kappa shape index (κ3) is 3.34. The average molecular weight is 224 g/mol. The molecule has 0 amide bonds. The van der Waals surface area contributed by atoms with Crippen LogP contribution in [0.5, 0.6) is 0 Å². The van der Waals surface area contributed by atoms with E-state index in [0.29, 0.717) is 11.9 Å². The van der Waals surface area contributed by atoms with Crippen LogP contribution in [0.3, 0.4) is 0 Å². The predicted octanol–water partition coefficient (Wildman–Crippen LogP) is 0.532. The van der Waals surface area contributed by atoms with Gasteiger partial charge >= 0.3 is 0 Å². The molecular weight excluding hydrogens is 204 g/mol. The van der Waals surface area contributed by atoms with Gasteiger partial charge < -0.3 is 14.8 Å². The minimum atomic E-state index is -0.0882. The van der Waals surface area contributed by atoms with Crippen LogP contribution in [0.4, 0.5) is 5.82 Å². The van der Waals surface area contributed by atoms with Gasteiger partial charge in [0.2, 0.25) is 0 Å². The van der Waals surface area contributed by atoms with E-state index >= 15 is 0 Å². The average Bonchev–Trinajstić information content (AvgIpc) is 2.24. The second-order valence-corrected chi connectivity index (χ2v) is 4.19. The van der Waals surface area contributed by atoms with E-state index in [2.05, 4.69) is 36.1 Å². The van der Waals surface area contributed by atoms with Crippen LogP contribution in [0.25, 0.3) is 0 Å². The van der Waals surface area contributed by atoms with Crippen molar-refractivity contribution in [3.8, 4) is 0 Å². The second kappa shape index (κ2) is 5.65. The summed E-state index contributed by atoms with van der Waals surface area (Å²) in [4.78, 5) is 17.8. The van der Waals surface area contributed by atoms with Gasteiger partial charge in [0.25, 0.3) is 5.56 Å². The monoisotopic (exact) mass is 224 g/mol. The van der Waals surface area contributed by atoms with Crippen LogP contribution in [-0.4, -0.2) is 40.6 Å². The topological polar surface area (TPSA) is 50.2 Å². The molecule has 0 aromatic carbocycles. The first-order chi connectivity index (χ1) is 7.52. The normalized spacial score (nSPS) is 11.1. The zero-order valence-corrected chi connectivity index (χ0v) is 10.4. The fraction of sp³-hybridized carbons (Fsp3) is 0.636. The van der Waals surface area contributed by atoms with Crippen molar-refractivity contribution in [2.45, 2.75) is 19.9 Å². The predicted molar refractivity (Wildman–Crippen MR) is 65.7 cm³/mol. The summed E-state index contributed by atoms with van der Waals surface area (Å²) in [5, 5.41) is 3.05. The maximum Gasteiger partial charge on any atom is 0.293 e. The number of hydrogen-bond acceptors (Lipinski definition) is 4. The van der Waals surface area contributed by atoms with Crippen LogP contribution < -0.4 is 10.9 Å². The van der Waals surface area contributed by atoms with E-state index in [9.17, 15) is 4.79 Å². The highest BCUT2D eigenvalue weighted by Gasteiger charge is 2.04. The van der Waals surface area contributed by atoms with Gasteiger partial charge in [-0.3, -0.25) is 4.79 Å². The van der Waals surface area contributed by atoms with E-state index in [1.165, 1.54) is 4.57 Å². The maximum atomic E-state index is 11.6. The van der Waals surface area contributed by atoms with E-state index in [1.807, 2.05) is 0 Å². The van der Waals surface area contributed by atoms with Crippen LogP contribution in [0.1, 0.15) is 13.8 Å². The third-order valence-electron chi connectivity index (χ3n) is 2.66. The SMILES string of the molecule is CC(C)N(C)CCNc1nccn(C)c1=O. The highest BCUT2D eigenvalue weighted by Crippen LogP contribution is 1.94. The van der Waals surface area contributed by atoms with Gasteiger partial charge in [-0.15, -0.1) is 0 Å². The van der Waals surface area contributed by atoms with Crippen LogP contribution in [0.2, 0.25) is 0 Å². The highest BCUT2D eigenvalue weighted by molar-refractivity contribution is 5.30. The Labute approximate surface area is 96.1 Å². The minimum Gasteiger partial charge on any atom is -0.364 e. The molecule has 0 aliphatic carbocycles. The number of hydrogen-bond donors (Lipinski definition) is 1. The number of rotatable bonds is 5. The maximum absolute atomic E-state index is 11.6. The van der Waals surface area contributed by atoms with E-state index < -0.39 is 0 Å². The number of aryl methyl sites for hydroxylation is 1. The summed E-state index contributed by atoms with van der Waals surface area (Å²) in [6, 6.07) is 0.508. The van der Waals surface area contributed by atoms with Gasteiger partial charge in [-0.2, -0.15) is 0 Å². The fourth-order valence-corrected chi connectivity index (χ4v) is 1.23. The molecule has 90 valence electrons. The number of nitrogens with zero attached hydrogens (tertiary/aromatic N) is 3. The molecular formula is C11H20N4O. The molecule has 0 aliphatic heterocycles. The molecule has 16 heavy (non-hydrogen) atoms. The van der Waals surface area contributed by atoms with E-state index in [-0.39, 0.29) is 5.56 Å². The van der Waals surface area contributed by atoms with Crippen LogP contribution in [-0.2, 0) is 7.05 Å². The molecule has 0 bridgehead atoms. The largest absolute Gasteiger partial charge is 0.364 e. The van der Waals surface area contributed by atoms with Crippen molar-refractivity contribution in [1.29, 1.82) is 0 Å². The lowest BCUT2D eigenvalue weighted by atomic mass is 10.3. The molecule has 5 heteroatoms. The lowest BCUT2D eigenvalue weighted by molar-refractivity contribution is 0.284. The standard InChI is InChI=1S/C11H20N4O/c1-9(2)14(3)7-5-12-10-11(16)15(4)8-6-13-10/h6,8-9H,5,7H2,1-4H3,(H,12,13). The van der Waals surface area contributed by atoms with Gasteiger partial charge in [0, 0.05) is 38.6 Å². The summed E-state index contributed by atoms with van der Waals surface area (Å²) in [5.41, 5.74) is -0.0882. The third-order valence-corrected chi connectivity index (χ3v) is 2.66. The Morgan fingerprint density at radius 2 is 2.25 bits per heavy atom. The van der Waals surface area contributed by atoms with Crippen molar-refractivity contribution in [3.05, 3.63) is 22.7 Å². The number of anilines is 1. The number of likely N-dealkylation sites (N-methyl/N-ethyl adjacent to an activating group) is 1. The lowest BCUT2D eigenvalue weighted by Crippen LogP contribution is -2.32. The smallest absolute Gasteiger partial charge is 0.293 e. The molecule has 1 aromatic rings. The Hall–Kier alpha value is -1.36. The van der Waals surface area contributed by atoms with Gasteiger partial charge in [-0.05, 0) is 20.9 Å². The molecule has 0 saturated heterocycles. The van der Waals surface area contributed by atoms with Crippen LogP contribution in [0, 0.1) is 0 Å². The summed E-state index contributed by atoms with van der Waals surface area (Å²) in [7, 11) is 3.78. The van der Waals surface area contributed by atoms with Crippen LogP contribution >= 0.6 is 0 Å². The molecule has 0 unspecified atom stereocenters. The number of aromatic nitrogens is 2. The molecule has 0 saturated carbocycles. The zero-order valence-electron chi connectivity index (χ0n) is 10.4. The first-order valence-corrected chi connectivity index (χ1v) is 5.48. The molecule has 1 heterocycles. The van der Waals surface area contributed by atoms with Crippen molar-refractivity contribution in [2.24, 2.45) is 7.05 Å². The van der Waals surface area contributed by atoms with Gasteiger partial charge in [0.05, 0.1) is 0 Å². The summed E-state index contributed by atoms with van der Waals surface area (Å²) < 4.78 is 1.52. The molecule has 0 radical (unpaired) electrons. The van der Waals surface area contributed by atoms with Crippen molar-refractivity contribution in [1.82, 2.24) is 14.5 Å². The van der Waals surface area contributed by atoms with Crippen molar-refractivity contribution in [3.63, 3.8) is 0 Å². The van der Waals surface area contributed by atoms with E-state index in [4.69, 9.17) is 0 Å². The Balaban J connectivity index is 2.50. The Morgan fingerprint density at radius 3 is 2.88 bits per heavy atom. The molecule has 0 aliphatic rings. The Bertz CT molecular complexity index is 386. The molecule has 0 fully saturated rings. The molecule has 1 aromatic heterocycles. The van der Waals surface area contributed by atoms with Crippen molar-refractivity contribution in [2.75, 3.05) is 25.5 Å². The minimum absolute atomic E-state index is 0.0882. The van der Waals surface area contributed by atoms with E-state index in [0.717, 1.165) is 13.1 Å². The summed E-state index contributed by atoms with van der Waals surface area (Å²) >= 11 is 0. The Kier molecular flexibility index (Phi) is 4.49. The first kappa shape index (κ1) is 12.7. The van der Waals surface area contributed by atoms with Gasteiger partial charge in [-0.1, -0.05) is 0 Å². The molecule has 1 rings (SSSR count). The molecule has 0 spiro atoms. The van der Waals surface area contributed by atoms with E-state index in [1.54, 1.807) is 19.4 Å². The van der Waals surface area contributed by atoms with Crippen molar-refractivity contribution < 1.29 is 0 Å². The first-order valence-electron chi connectivity index (χ1n) is 5.48. The highest BCUT2D eigenvalue weighted by atomic mass is 16.1. The van der Waals surface area contributed by atoms with Gasteiger partial charge in [0.1, 0.15) is 0 Å². The van der Waals surface area contributed by atoms with Gasteiger partial charge in [0.15, 0.2) is 5.82 Å². The van der Waals surface area contributed by atoms with Gasteiger partial charge in [-0.25, -0.2) is 4.98 Å². The molecule has 5 nitrogen and oxygen atoms in total. The second-order valence-electron chi connectivity index (χ2n) is 4.19. The fourth-order valence-electron chi connectivity index (χ4n) is 1.23. The lowest BCUT2D eigenvalue weighted by Gasteiger charge is -2.20. The van der Waals surface area contributed by atoms with Crippen LogP contribution in [0.15, 0.2) is 17.2 Å². The van der Waals surface area contributed by atoms with Crippen molar-refractivity contribution >= 4 is 5.82 Å². The summed E-state index contributed by atoms with van der Waals surface area (Å²) in [6.45, 7) is 5.89. The molecule has 1 N–H and O–H groups in total. The summed E-state index contributed by atoms with van der Waals surface area (Å²) in [6.07, 6.45) is 3.27. The summed E-state index contributed by atoms with van der Waals surface area (Å²) in [5.74, 6) is 0.419. The number of nitrogens with one attached hydrogen (secondary N) is 1. The zero-order chi connectivity index (χ0) is 12.1. The molecule has 0 atom stereocenters.